The van der Waals surface area contributed by atoms with E-state index in [1.807, 2.05) is 49.1 Å². The van der Waals surface area contributed by atoms with Crippen molar-refractivity contribution < 1.29 is 29.6 Å². The summed E-state index contributed by atoms with van der Waals surface area (Å²) >= 11 is 1.53. The summed E-state index contributed by atoms with van der Waals surface area (Å²) in [7, 11) is 1.64. The summed E-state index contributed by atoms with van der Waals surface area (Å²) < 4.78 is 15.3. The fourth-order valence-electron chi connectivity index (χ4n) is 12.3. The van der Waals surface area contributed by atoms with Gasteiger partial charge in [-0.3, -0.25) is 4.68 Å². The molecule has 0 spiro atoms. The molecule has 2 unspecified atom stereocenters. The lowest BCUT2D eigenvalue weighted by Gasteiger charge is -2.69. The molecule has 0 saturated heterocycles. The molecule has 3 atom stereocenters. The minimum Gasteiger partial charge on any atom is -0.497 e. The second-order valence-electron chi connectivity index (χ2n) is 19.0. The smallest absolute Gasteiger partial charge is 0.355 e. The van der Waals surface area contributed by atoms with Gasteiger partial charge in [-0.25, -0.2) is 14.8 Å². The van der Waals surface area contributed by atoms with Crippen molar-refractivity contribution in [1.29, 1.82) is 0 Å². The van der Waals surface area contributed by atoms with Gasteiger partial charge in [-0.15, -0.1) is 10.2 Å². The zero-order valence-corrected chi connectivity index (χ0v) is 36.6. The zero-order valence-electron chi connectivity index (χ0n) is 35.8. The average Bonchev–Trinajstić information content (AvgIpc) is 3.79. The minimum atomic E-state index is -1.10. The highest BCUT2D eigenvalue weighted by atomic mass is 32.1. The highest BCUT2D eigenvalue weighted by Crippen LogP contribution is 2.72. The van der Waals surface area contributed by atoms with Crippen molar-refractivity contribution in [2.45, 2.75) is 104 Å². The van der Waals surface area contributed by atoms with Crippen LogP contribution < -0.4 is 20.3 Å². The molecule has 4 aromatic heterocycles. The summed E-state index contributed by atoms with van der Waals surface area (Å²) in [6, 6.07) is 9.57. The number of aliphatic hydroxyl groups is 2. The van der Waals surface area contributed by atoms with Crippen molar-refractivity contribution in [3.05, 3.63) is 59.0 Å². The van der Waals surface area contributed by atoms with Gasteiger partial charge >= 0.3 is 5.97 Å². The number of methoxy groups -OCH3 is 1. The molecule has 16 heteroatoms. The lowest BCUT2D eigenvalue weighted by molar-refractivity contribution is -0.247. The number of carbonyl (C=O) groups is 1. The third-order valence-corrected chi connectivity index (χ3v) is 14.6. The SMILES string of the molecule is COc1ccc2sc(Nc3nnc4c(c3C)CCCN4c3ccc(-c4cnn(CC56CC7(C)CC(C)(C5)CC(OCCNCC[C@H](O)CO)(C7)C6)c4C)c(C(=O)O)n3)nc2c1. The molecule has 5 aliphatic rings. The number of aromatic nitrogens is 6. The first-order valence-electron chi connectivity index (χ1n) is 21.5. The number of pyridine rings is 1. The van der Waals surface area contributed by atoms with Gasteiger partial charge in [0.05, 0.1) is 48.4 Å². The van der Waals surface area contributed by atoms with Gasteiger partial charge in [-0.2, -0.15) is 5.10 Å². The third kappa shape index (κ3) is 7.97. The number of ether oxygens (including phenoxy) is 2. The van der Waals surface area contributed by atoms with Crippen molar-refractivity contribution in [2.75, 3.05) is 50.2 Å². The van der Waals surface area contributed by atoms with Crippen LogP contribution in [0, 0.1) is 30.1 Å². The summed E-state index contributed by atoms with van der Waals surface area (Å²) in [4.78, 5) is 24.5. The first-order chi connectivity index (χ1) is 29.2. The quantitative estimate of drug-likeness (QED) is 0.0640. The number of nitrogens with zero attached hydrogens (tertiary/aromatic N) is 7. The number of fused-ring (bicyclic) bond motifs is 2. The second kappa shape index (κ2) is 15.9. The molecule has 1 aliphatic heterocycles. The van der Waals surface area contributed by atoms with Crippen molar-refractivity contribution in [2.24, 2.45) is 16.2 Å². The molecule has 5 aromatic rings. The Morgan fingerprint density at radius 2 is 1.80 bits per heavy atom. The lowest BCUT2D eigenvalue weighted by atomic mass is 9.39. The first-order valence-corrected chi connectivity index (χ1v) is 22.3. The molecule has 61 heavy (non-hydrogen) atoms. The number of hydrogen-bond donors (Lipinski definition) is 5. The van der Waals surface area contributed by atoms with E-state index in [0.717, 1.165) is 89.8 Å². The van der Waals surface area contributed by atoms with Crippen LogP contribution in [0.15, 0.2) is 36.5 Å². The van der Waals surface area contributed by atoms with Crippen LogP contribution in [0.3, 0.4) is 0 Å². The number of hydrogen-bond acceptors (Lipinski definition) is 14. The van der Waals surface area contributed by atoms with Gasteiger partial charge in [0, 0.05) is 53.6 Å². The number of rotatable bonds is 16. The van der Waals surface area contributed by atoms with Crippen LogP contribution in [0.25, 0.3) is 21.3 Å². The molecule has 15 nitrogen and oxygen atoms in total. The van der Waals surface area contributed by atoms with E-state index in [2.05, 4.69) is 39.4 Å². The van der Waals surface area contributed by atoms with E-state index in [-0.39, 0.29) is 34.1 Å². The van der Waals surface area contributed by atoms with Crippen LogP contribution in [0.5, 0.6) is 5.75 Å². The van der Waals surface area contributed by atoms with Gasteiger partial charge in [0.15, 0.2) is 22.5 Å². The van der Waals surface area contributed by atoms with Crippen LogP contribution in [0.2, 0.25) is 0 Å². The van der Waals surface area contributed by atoms with E-state index in [0.29, 0.717) is 60.8 Å². The largest absolute Gasteiger partial charge is 0.497 e. The molecular weight excluding hydrogens is 795 g/mol. The van der Waals surface area contributed by atoms with Crippen LogP contribution in [-0.2, 0) is 17.7 Å². The Morgan fingerprint density at radius 1 is 1.00 bits per heavy atom. The molecule has 4 saturated carbocycles. The minimum absolute atomic E-state index is 0.00142. The molecule has 10 rings (SSSR count). The number of carboxylic acids is 1. The van der Waals surface area contributed by atoms with Crippen molar-refractivity contribution in [1.82, 2.24) is 35.3 Å². The molecule has 0 amide bonds. The molecular formula is C45H57N9O6S. The van der Waals surface area contributed by atoms with E-state index in [1.165, 1.54) is 17.8 Å². The number of aliphatic hydroxyl groups excluding tert-OH is 2. The topological polar surface area (TPSA) is 193 Å². The van der Waals surface area contributed by atoms with Crippen molar-refractivity contribution in [3.63, 3.8) is 0 Å². The molecule has 0 radical (unpaired) electrons. The van der Waals surface area contributed by atoms with Crippen LogP contribution in [0.1, 0.15) is 92.5 Å². The highest BCUT2D eigenvalue weighted by Gasteiger charge is 2.66. The number of thiazole rings is 1. The Morgan fingerprint density at radius 3 is 2.56 bits per heavy atom. The number of carboxylic acid groups (broad SMARTS) is 1. The second-order valence-corrected chi connectivity index (χ2v) is 20.0. The van der Waals surface area contributed by atoms with Crippen LogP contribution in [-0.4, -0.2) is 103 Å². The van der Waals surface area contributed by atoms with E-state index >= 15 is 0 Å². The van der Waals surface area contributed by atoms with Crippen molar-refractivity contribution in [3.8, 4) is 16.9 Å². The fraction of sp³-hybridized carbons (Fsp3) is 0.556. The summed E-state index contributed by atoms with van der Waals surface area (Å²) in [5, 5.41) is 51.0. The van der Waals surface area contributed by atoms with E-state index in [9.17, 15) is 15.0 Å². The van der Waals surface area contributed by atoms with E-state index in [1.54, 1.807) is 13.3 Å². The normalized spacial score (nSPS) is 25.9. The van der Waals surface area contributed by atoms with Gasteiger partial charge in [0.2, 0.25) is 0 Å². The molecule has 5 heterocycles. The Labute approximate surface area is 359 Å². The maximum Gasteiger partial charge on any atom is 0.355 e. The number of nitrogens with one attached hydrogen (secondary N) is 2. The third-order valence-electron chi connectivity index (χ3n) is 13.6. The molecule has 4 bridgehead atoms. The molecule has 5 N–H and O–H groups in total. The Kier molecular flexibility index (Phi) is 10.8. The molecule has 324 valence electrons. The maximum atomic E-state index is 13.0. The van der Waals surface area contributed by atoms with Crippen molar-refractivity contribution >= 4 is 50.1 Å². The fourth-order valence-corrected chi connectivity index (χ4v) is 13.1. The highest BCUT2D eigenvalue weighted by molar-refractivity contribution is 7.22. The van der Waals surface area contributed by atoms with E-state index < -0.39 is 12.1 Å². The Hall–Kier alpha value is -4.74. The summed E-state index contributed by atoms with van der Waals surface area (Å²) in [6.45, 7) is 12.0. The summed E-state index contributed by atoms with van der Waals surface area (Å²) in [5.74, 6) is 1.48. The Bertz CT molecular complexity index is 2450. The first kappa shape index (κ1) is 41.6. The predicted octanol–water partition coefficient (Wildman–Crippen LogP) is 6.97. The standard InChI is InChI=1S/C45H57N9O6S/c1-27-31-7-6-15-53(39(31)52-51-38(27)50-41-48-34-17-30(59-5)8-10-35(34)61-41)36-11-9-32(37(49-36)40(57)58)33-18-47-54(28(33)2)26-44-21-42(3)20-43(4,22-44)24-45(23-42,25-44)60-16-14-46-13-12-29(56)19-55/h8-11,17-18,29,46,55-56H,6-7,12-16,19-26H2,1-5H3,(H,57,58)(H,48,50,51)/t29-,42?,43?,44?,45?/m0/s1. The molecule has 1 aromatic carbocycles. The summed E-state index contributed by atoms with van der Waals surface area (Å²) in [5.41, 5.74) is 5.18. The monoisotopic (exact) mass is 851 g/mol. The average molecular weight is 852 g/mol. The van der Waals surface area contributed by atoms with Gasteiger partial charge in [-0.05, 0) is 119 Å². The van der Waals surface area contributed by atoms with E-state index in [4.69, 9.17) is 29.6 Å². The predicted molar refractivity (Wildman–Crippen MR) is 234 cm³/mol. The van der Waals surface area contributed by atoms with Gasteiger partial charge in [0.1, 0.15) is 11.6 Å². The van der Waals surface area contributed by atoms with Gasteiger partial charge in [-0.1, -0.05) is 25.2 Å². The lowest BCUT2D eigenvalue weighted by Crippen LogP contribution is -2.64. The zero-order chi connectivity index (χ0) is 42.7. The van der Waals surface area contributed by atoms with Gasteiger partial charge in [0.25, 0.3) is 0 Å². The van der Waals surface area contributed by atoms with Crippen LogP contribution >= 0.6 is 11.3 Å². The van der Waals surface area contributed by atoms with Crippen LogP contribution in [0.4, 0.5) is 22.6 Å². The number of benzene rings is 1. The molecule has 4 fully saturated rings. The maximum absolute atomic E-state index is 13.0. The Balaban J connectivity index is 0.936. The van der Waals surface area contributed by atoms with Gasteiger partial charge < -0.3 is 40.3 Å². The summed E-state index contributed by atoms with van der Waals surface area (Å²) in [6.07, 6.45) is 9.74. The molecule has 4 aliphatic carbocycles. The number of anilines is 4. The number of aromatic carboxylic acids is 1.